The summed E-state index contributed by atoms with van der Waals surface area (Å²) in [6.45, 7) is 4.55. The largest absolute Gasteiger partial charge is 0.378 e. The monoisotopic (exact) mass is 451 g/mol. The highest BCUT2D eigenvalue weighted by atomic mass is 35.5. The number of rotatable bonds is 6. The predicted molar refractivity (Wildman–Crippen MR) is 124 cm³/mol. The lowest BCUT2D eigenvalue weighted by atomic mass is 9.96. The van der Waals surface area contributed by atoms with Crippen molar-refractivity contribution in [3.05, 3.63) is 87.9 Å². The fourth-order valence-electron chi connectivity index (χ4n) is 3.17. The zero-order chi connectivity index (χ0) is 23.3. The third-order valence-electron chi connectivity index (χ3n) is 4.68. The van der Waals surface area contributed by atoms with Crippen molar-refractivity contribution < 1.29 is 19.2 Å². The highest BCUT2D eigenvalue weighted by molar-refractivity contribution is 6.34. The van der Waals surface area contributed by atoms with Gasteiger partial charge in [-0.2, -0.15) is 5.48 Å². The summed E-state index contributed by atoms with van der Waals surface area (Å²) in [5.41, 5.74) is 4.21. The Labute approximate surface area is 190 Å². The van der Waals surface area contributed by atoms with Crippen molar-refractivity contribution in [1.82, 2.24) is 5.48 Å². The van der Waals surface area contributed by atoms with Crippen molar-refractivity contribution in [3.8, 4) is 5.75 Å². The third kappa shape index (κ3) is 5.07. The van der Waals surface area contributed by atoms with E-state index in [9.17, 15) is 14.4 Å². The molecule has 3 amide bonds. The van der Waals surface area contributed by atoms with Crippen molar-refractivity contribution in [2.75, 3.05) is 10.6 Å². The quantitative estimate of drug-likeness (QED) is 0.465. The molecular weight excluding hydrogens is 430 g/mol. The highest BCUT2D eigenvalue weighted by Crippen LogP contribution is 2.37. The zero-order valence-electron chi connectivity index (χ0n) is 17.8. The van der Waals surface area contributed by atoms with E-state index in [4.69, 9.17) is 16.4 Å². The summed E-state index contributed by atoms with van der Waals surface area (Å²) in [5, 5.41) is 5.78. The maximum absolute atomic E-state index is 13.2. The van der Waals surface area contributed by atoms with Gasteiger partial charge >= 0.3 is 0 Å². The van der Waals surface area contributed by atoms with Gasteiger partial charge in [-0.25, -0.2) is 0 Å². The van der Waals surface area contributed by atoms with Crippen molar-refractivity contribution in [2.24, 2.45) is 0 Å². The summed E-state index contributed by atoms with van der Waals surface area (Å²) < 4.78 is 0. The normalized spacial score (nSPS) is 10.2. The minimum absolute atomic E-state index is 0.0383. The topological polar surface area (TPSA) is 96.5 Å². The number of anilines is 2. The molecule has 0 radical (unpaired) electrons. The molecule has 0 bridgehead atoms. The van der Waals surface area contributed by atoms with Crippen LogP contribution in [-0.4, -0.2) is 17.7 Å². The molecule has 164 valence electrons. The second kappa shape index (κ2) is 9.98. The van der Waals surface area contributed by atoms with E-state index in [0.29, 0.717) is 22.5 Å². The molecule has 0 heterocycles. The summed E-state index contributed by atoms with van der Waals surface area (Å²) in [5.74, 6) is -1.67. The Hall–Kier alpha value is -3.84. The van der Waals surface area contributed by atoms with Crippen LogP contribution in [0.4, 0.5) is 11.4 Å². The summed E-state index contributed by atoms with van der Waals surface area (Å²) in [6.07, 6.45) is 0. The molecule has 3 aromatic carbocycles. The SMILES string of the molecule is CC(=O)NOc1c(C(=O)Nc2ccccc2)c(C)c(Cl)c(C)c1C(=O)Nc1ccccc1. The average molecular weight is 452 g/mol. The molecule has 3 aromatic rings. The van der Waals surface area contributed by atoms with Gasteiger partial charge in [0.15, 0.2) is 5.75 Å². The van der Waals surface area contributed by atoms with E-state index in [2.05, 4.69) is 16.1 Å². The first-order chi connectivity index (χ1) is 15.3. The Kier molecular flexibility index (Phi) is 7.12. The van der Waals surface area contributed by atoms with E-state index in [1.54, 1.807) is 62.4 Å². The number of carbonyl (C=O) groups is 3. The Morgan fingerprint density at radius 1 is 0.750 bits per heavy atom. The predicted octanol–water partition coefficient (Wildman–Crippen LogP) is 4.89. The molecule has 8 heteroatoms. The molecule has 0 spiro atoms. The number of carbonyl (C=O) groups excluding carboxylic acids is 3. The smallest absolute Gasteiger partial charge is 0.259 e. The average Bonchev–Trinajstić information content (AvgIpc) is 2.77. The molecule has 0 aliphatic heterocycles. The molecule has 0 fully saturated rings. The van der Waals surface area contributed by atoms with Crippen molar-refractivity contribution in [2.45, 2.75) is 20.8 Å². The van der Waals surface area contributed by atoms with Crippen LogP contribution in [-0.2, 0) is 4.79 Å². The van der Waals surface area contributed by atoms with Crippen LogP contribution in [0.5, 0.6) is 5.75 Å². The molecule has 0 aliphatic rings. The molecule has 7 nitrogen and oxygen atoms in total. The van der Waals surface area contributed by atoms with Crippen LogP contribution in [0.3, 0.4) is 0 Å². The molecule has 0 unspecified atom stereocenters. The molecule has 32 heavy (non-hydrogen) atoms. The summed E-state index contributed by atoms with van der Waals surface area (Å²) in [6, 6.07) is 17.6. The molecule has 0 atom stereocenters. The first-order valence-electron chi connectivity index (χ1n) is 9.78. The number of benzene rings is 3. The number of hydrogen-bond donors (Lipinski definition) is 3. The third-order valence-corrected chi connectivity index (χ3v) is 5.24. The lowest BCUT2D eigenvalue weighted by Gasteiger charge is -2.20. The van der Waals surface area contributed by atoms with Gasteiger partial charge in [0.25, 0.3) is 11.8 Å². The van der Waals surface area contributed by atoms with Gasteiger partial charge in [0, 0.05) is 23.3 Å². The number of halogens is 1. The van der Waals surface area contributed by atoms with E-state index in [0.717, 1.165) is 0 Å². The number of nitrogens with one attached hydrogen (secondary N) is 3. The number of para-hydroxylation sites is 2. The van der Waals surface area contributed by atoms with Crippen molar-refractivity contribution in [1.29, 1.82) is 0 Å². The summed E-state index contributed by atoms with van der Waals surface area (Å²) >= 11 is 6.51. The van der Waals surface area contributed by atoms with Gasteiger partial charge in [-0.15, -0.1) is 0 Å². The van der Waals surface area contributed by atoms with Crippen molar-refractivity contribution >= 4 is 40.7 Å². The summed E-state index contributed by atoms with van der Waals surface area (Å²) in [7, 11) is 0. The molecule has 0 aromatic heterocycles. The Balaban J connectivity index is 2.13. The van der Waals surface area contributed by atoms with E-state index in [1.165, 1.54) is 6.92 Å². The van der Waals surface area contributed by atoms with Crippen LogP contribution in [0.1, 0.15) is 38.8 Å². The molecular formula is C24H22ClN3O4. The second-order valence-corrected chi connectivity index (χ2v) is 7.42. The fraction of sp³-hybridized carbons (Fsp3) is 0.125. The second-order valence-electron chi connectivity index (χ2n) is 7.04. The van der Waals surface area contributed by atoms with Crippen LogP contribution in [0.25, 0.3) is 0 Å². The van der Waals surface area contributed by atoms with E-state index in [1.807, 2.05) is 12.1 Å². The maximum atomic E-state index is 13.2. The van der Waals surface area contributed by atoms with E-state index in [-0.39, 0.29) is 21.9 Å². The van der Waals surface area contributed by atoms with Gasteiger partial charge < -0.3 is 15.5 Å². The standard InChI is InChI=1S/C24H22ClN3O4/c1-14-19(23(30)26-17-10-6-4-7-11-17)22(32-28-16(3)29)20(15(2)21(14)25)24(31)27-18-12-8-5-9-13-18/h4-13H,1-3H3,(H,26,30)(H,27,31)(H,28,29). The minimum Gasteiger partial charge on any atom is -0.378 e. The molecule has 0 saturated heterocycles. The van der Waals surface area contributed by atoms with E-state index < -0.39 is 17.7 Å². The van der Waals surface area contributed by atoms with E-state index >= 15 is 0 Å². The number of amides is 3. The van der Waals surface area contributed by atoms with Gasteiger partial charge in [0.1, 0.15) is 0 Å². The first kappa shape index (κ1) is 22.8. The first-order valence-corrected chi connectivity index (χ1v) is 10.2. The lowest BCUT2D eigenvalue weighted by Crippen LogP contribution is -2.29. The van der Waals surface area contributed by atoms with Crippen LogP contribution in [0.2, 0.25) is 5.02 Å². The van der Waals surface area contributed by atoms with Crippen LogP contribution in [0, 0.1) is 13.8 Å². The Morgan fingerprint density at radius 3 is 1.53 bits per heavy atom. The molecule has 0 saturated carbocycles. The maximum Gasteiger partial charge on any atom is 0.259 e. The van der Waals surface area contributed by atoms with Gasteiger partial charge in [-0.05, 0) is 49.2 Å². The summed E-state index contributed by atoms with van der Waals surface area (Å²) in [4.78, 5) is 43.4. The van der Waals surface area contributed by atoms with Gasteiger partial charge in [-0.3, -0.25) is 14.4 Å². The van der Waals surface area contributed by atoms with Crippen LogP contribution in [0.15, 0.2) is 60.7 Å². The molecule has 3 rings (SSSR count). The Morgan fingerprint density at radius 2 is 1.16 bits per heavy atom. The highest BCUT2D eigenvalue weighted by Gasteiger charge is 2.29. The van der Waals surface area contributed by atoms with Crippen LogP contribution < -0.4 is 21.0 Å². The van der Waals surface area contributed by atoms with Gasteiger partial charge in [-0.1, -0.05) is 48.0 Å². The van der Waals surface area contributed by atoms with Gasteiger partial charge in [0.05, 0.1) is 11.1 Å². The minimum atomic E-state index is -0.537. The Bertz CT molecular complexity index is 1080. The van der Waals surface area contributed by atoms with Gasteiger partial charge in [0.2, 0.25) is 5.91 Å². The molecule has 3 N–H and O–H groups in total. The van der Waals surface area contributed by atoms with Crippen LogP contribution >= 0.6 is 11.6 Å². The lowest BCUT2D eigenvalue weighted by molar-refractivity contribution is -0.125. The number of hydrogen-bond acceptors (Lipinski definition) is 4. The number of hydroxylamine groups is 1. The van der Waals surface area contributed by atoms with Crippen molar-refractivity contribution in [3.63, 3.8) is 0 Å². The fourth-order valence-corrected chi connectivity index (χ4v) is 3.36. The zero-order valence-corrected chi connectivity index (χ0v) is 18.5. The molecule has 0 aliphatic carbocycles.